The van der Waals surface area contributed by atoms with Crippen LogP contribution >= 0.6 is 0 Å². The summed E-state index contributed by atoms with van der Waals surface area (Å²) >= 11 is 0. The Morgan fingerprint density at radius 3 is 2.27 bits per heavy atom. The van der Waals surface area contributed by atoms with Crippen LogP contribution in [-0.4, -0.2) is 17.2 Å². The van der Waals surface area contributed by atoms with Crippen molar-refractivity contribution >= 4 is 18.7 Å². The fraction of sp³-hybridized carbons (Fsp3) is 0.111. The smallest absolute Gasteiger partial charge is 0.423 e. The third-order valence-electron chi connectivity index (χ3n) is 1.91. The van der Waals surface area contributed by atoms with Crippen LogP contribution in [0.25, 0.3) is 6.08 Å². The molecular weight excluding hydrogens is 208 g/mol. The molecule has 0 amide bonds. The summed E-state index contributed by atoms with van der Waals surface area (Å²) in [6.07, 6.45) is -3.24. The molecule has 15 heavy (non-hydrogen) atoms. The van der Waals surface area contributed by atoms with Gasteiger partial charge in [-0.2, -0.15) is 13.2 Å². The van der Waals surface area contributed by atoms with Crippen LogP contribution < -0.4 is 5.46 Å². The van der Waals surface area contributed by atoms with Gasteiger partial charge < -0.3 is 10.0 Å². The molecule has 0 aromatic heterocycles. The lowest BCUT2D eigenvalue weighted by Gasteiger charge is -2.10. The number of rotatable bonds is 2. The summed E-state index contributed by atoms with van der Waals surface area (Å²) in [7, 11) is -1.94. The summed E-state index contributed by atoms with van der Waals surface area (Å²) in [5.41, 5.74) is -0.867. The van der Waals surface area contributed by atoms with E-state index in [1.807, 2.05) is 0 Å². The molecule has 2 N–H and O–H groups in total. The minimum Gasteiger partial charge on any atom is -0.423 e. The second-order valence-corrected chi connectivity index (χ2v) is 2.92. The molecule has 1 aromatic rings. The van der Waals surface area contributed by atoms with Crippen molar-refractivity contribution in [1.82, 2.24) is 0 Å². The predicted octanol–water partition coefficient (Wildman–Crippen LogP) is 1.03. The van der Waals surface area contributed by atoms with Crippen LogP contribution in [0.2, 0.25) is 0 Å². The highest BCUT2D eigenvalue weighted by molar-refractivity contribution is 6.59. The molecule has 0 saturated heterocycles. The van der Waals surface area contributed by atoms with Crippen molar-refractivity contribution in [3.05, 3.63) is 35.9 Å². The Balaban J connectivity index is 3.28. The van der Waals surface area contributed by atoms with Crippen LogP contribution in [0.15, 0.2) is 24.8 Å². The molecule has 0 heterocycles. The molecule has 1 aromatic carbocycles. The third-order valence-corrected chi connectivity index (χ3v) is 1.91. The summed E-state index contributed by atoms with van der Waals surface area (Å²) in [6, 6.07) is 2.70. The van der Waals surface area contributed by atoms with Gasteiger partial charge in [0, 0.05) is 0 Å². The Morgan fingerprint density at radius 1 is 1.27 bits per heavy atom. The lowest BCUT2D eigenvalue weighted by atomic mass is 9.76. The minimum absolute atomic E-state index is 0.208. The molecule has 0 unspecified atom stereocenters. The Labute approximate surface area is 84.8 Å². The molecule has 80 valence electrons. The van der Waals surface area contributed by atoms with Gasteiger partial charge in [0.15, 0.2) is 0 Å². The first-order valence-electron chi connectivity index (χ1n) is 4.06. The van der Waals surface area contributed by atoms with Crippen LogP contribution in [-0.2, 0) is 6.18 Å². The molecule has 2 nitrogen and oxygen atoms in total. The Morgan fingerprint density at radius 2 is 1.87 bits per heavy atom. The van der Waals surface area contributed by atoms with E-state index in [1.165, 1.54) is 6.08 Å². The van der Waals surface area contributed by atoms with E-state index in [-0.39, 0.29) is 11.0 Å². The molecule has 0 bridgehead atoms. The highest BCUT2D eigenvalue weighted by atomic mass is 19.4. The molecule has 0 radical (unpaired) electrons. The van der Waals surface area contributed by atoms with Crippen molar-refractivity contribution in [1.29, 1.82) is 0 Å². The normalized spacial score (nSPS) is 11.3. The van der Waals surface area contributed by atoms with Gasteiger partial charge in [0.25, 0.3) is 0 Å². The van der Waals surface area contributed by atoms with Crippen molar-refractivity contribution in [2.45, 2.75) is 6.18 Å². The fourth-order valence-electron chi connectivity index (χ4n) is 1.16. The Bertz CT molecular complexity index is 374. The number of halogens is 3. The zero-order chi connectivity index (χ0) is 11.6. The average molecular weight is 216 g/mol. The molecule has 0 aliphatic heterocycles. The highest BCUT2D eigenvalue weighted by Crippen LogP contribution is 2.28. The quantitative estimate of drug-likeness (QED) is 0.724. The zero-order valence-corrected chi connectivity index (χ0v) is 7.62. The SMILES string of the molecule is C=Cc1ccc(C(F)(F)F)cc1B(O)O. The summed E-state index contributed by atoms with van der Waals surface area (Å²) in [4.78, 5) is 0. The maximum absolute atomic E-state index is 12.3. The maximum atomic E-state index is 12.3. The van der Waals surface area contributed by atoms with Crippen LogP contribution in [0.3, 0.4) is 0 Å². The van der Waals surface area contributed by atoms with Gasteiger partial charge in [-0.05, 0) is 23.2 Å². The van der Waals surface area contributed by atoms with Gasteiger partial charge in [0.1, 0.15) is 0 Å². The van der Waals surface area contributed by atoms with Crippen LogP contribution in [0.1, 0.15) is 11.1 Å². The van der Waals surface area contributed by atoms with Crippen molar-refractivity contribution < 1.29 is 23.2 Å². The maximum Gasteiger partial charge on any atom is 0.489 e. The molecule has 1 rings (SSSR count). The van der Waals surface area contributed by atoms with E-state index in [1.54, 1.807) is 0 Å². The van der Waals surface area contributed by atoms with Crippen LogP contribution in [0.4, 0.5) is 13.2 Å². The highest BCUT2D eigenvalue weighted by Gasteiger charge is 2.31. The molecule has 6 heteroatoms. The molecule has 0 aliphatic carbocycles. The van der Waals surface area contributed by atoms with Crippen molar-refractivity contribution in [3.63, 3.8) is 0 Å². The molecule has 0 spiro atoms. The summed E-state index contributed by atoms with van der Waals surface area (Å²) in [5, 5.41) is 17.7. The van der Waals surface area contributed by atoms with E-state index in [2.05, 4.69) is 6.58 Å². The molecule has 0 atom stereocenters. The summed E-state index contributed by atoms with van der Waals surface area (Å²) in [5.74, 6) is 0. The lowest BCUT2D eigenvalue weighted by molar-refractivity contribution is -0.137. The second kappa shape index (κ2) is 4.08. The monoisotopic (exact) mass is 216 g/mol. The second-order valence-electron chi connectivity index (χ2n) is 2.92. The van der Waals surface area contributed by atoms with Crippen LogP contribution in [0, 0.1) is 0 Å². The van der Waals surface area contributed by atoms with E-state index in [0.29, 0.717) is 6.07 Å². The first-order valence-corrected chi connectivity index (χ1v) is 4.06. The Kier molecular flexibility index (Phi) is 3.21. The van der Waals surface area contributed by atoms with E-state index in [9.17, 15) is 13.2 Å². The van der Waals surface area contributed by atoms with E-state index < -0.39 is 18.9 Å². The third kappa shape index (κ3) is 2.61. The van der Waals surface area contributed by atoms with Gasteiger partial charge in [-0.25, -0.2) is 0 Å². The van der Waals surface area contributed by atoms with E-state index in [0.717, 1.165) is 12.1 Å². The van der Waals surface area contributed by atoms with E-state index >= 15 is 0 Å². The summed E-state index contributed by atoms with van der Waals surface area (Å²) in [6.45, 7) is 3.36. The molecule has 0 saturated carbocycles. The lowest BCUT2D eigenvalue weighted by Crippen LogP contribution is -2.33. The first-order chi connectivity index (χ1) is 6.86. The number of benzene rings is 1. The minimum atomic E-state index is -4.50. The number of alkyl halides is 3. The standard InChI is InChI=1S/C9H8BF3O2/c1-2-6-3-4-7(9(11,12)13)5-8(6)10(14)15/h2-5,14-15H,1H2. The Hall–Kier alpha value is -1.27. The van der Waals surface area contributed by atoms with Gasteiger partial charge in [-0.3, -0.25) is 0 Å². The van der Waals surface area contributed by atoms with Crippen molar-refractivity contribution in [2.24, 2.45) is 0 Å². The largest absolute Gasteiger partial charge is 0.489 e. The molecular formula is C9H8BF3O2. The van der Waals surface area contributed by atoms with Crippen molar-refractivity contribution in [3.8, 4) is 0 Å². The topological polar surface area (TPSA) is 40.5 Å². The van der Waals surface area contributed by atoms with Gasteiger partial charge in [-0.1, -0.05) is 18.7 Å². The van der Waals surface area contributed by atoms with Gasteiger partial charge in [-0.15, -0.1) is 0 Å². The molecule has 0 aliphatic rings. The van der Waals surface area contributed by atoms with E-state index in [4.69, 9.17) is 10.0 Å². The first kappa shape index (κ1) is 11.8. The molecule has 0 fully saturated rings. The van der Waals surface area contributed by atoms with Gasteiger partial charge in [0.2, 0.25) is 0 Å². The van der Waals surface area contributed by atoms with Gasteiger partial charge >= 0.3 is 13.3 Å². The average Bonchev–Trinajstić information content (AvgIpc) is 2.15. The predicted molar refractivity (Wildman–Crippen MR) is 51.4 cm³/mol. The zero-order valence-electron chi connectivity index (χ0n) is 7.62. The number of hydrogen-bond acceptors (Lipinski definition) is 2. The number of hydrogen-bond donors (Lipinski definition) is 2. The van der Waals surface area contributed by atoms with Gasteiger partial charge in [0.05, 0.1) is 5.56 Å². The van der Waals surface area contributed by atoms with Crippen LogP contribution in [0.5, 0.6) is 0 Å². The fourth-order valence-corrected chi connectivity index (χ4v) is 1.16. The van der Waals surface area contributed by atoms with Crippen molar-refractivity contribution in [2.75, 3.05) is 0 Å². The summed E-state index contributed by atoms with van der Waals surface area (Å²) < 4.78 is 36.8.